The lowest BCUT2D eigenvalue weighted by atomic mass is 10.1. The van der Waals surface area contributed by atoms with Crippen molar-refractivity contribution in [1.29, 1.82) is 0 Å². The van der Waals surface area contributed by atoms with E-state index >= 15 is 0 Å². The molecule has 138 valence electrons. The molecule has 1 aromatic heterocycles. The van der Waals surface area contributed by atoms with Gasteiger partial charge in [-0.25, -0.2) is 9.59 Å². The van der Waals surface area contributed by atoms with Crippen LogP contribution in [0.1, 0.15) is 20.8 Å². The molecule has 1 heterocycles. The predicted octanol–water partition coefficient (Wildman–Crippen LogP) is 3.25. The molecule has 1 aromatic carbocycles. The molecule has 0 atom stereocenters. The summed E-state index contributed by atoms with van der Waals surface area (Å²) in [5.41, 5.74) is 3.12. The predicted molar refractivity (Wildman–Crippen MR) is 102 cm³/mol. The van der Waals surface area contributed by atoms with Crippen molar-refractivity contribution < 1.29 is 19.1 Å². The van der Waals surface area contributed by atoms with Crippen LogP contribution >= 0.6 is 11.3 Å². The first-order chi connectivity index (χ1) is 12.3. The number of hydrogen-bond donors (Lipinski definition) is 2. The summed E-state index contributed by atoms with van der Waals surface area (Å²) in [6.45, 7) is 3.76. The van der Waals surface area contributed by atoms with E-state index in [0.29, 0.717) is 10.6 Å². The van der Waals surface area contributed by atoms with Gasteiger partial charge in [0, 0.05) is 12.7 Å². The number of ether oxygens (including phenoxy) is 1. The number of thiophene rings is 1. The number of aryl methyl sites for hydroxylation is 1. The van der Waals surface area contributed by atoms with Gasteiger partial charge in [0.1, 0.15) is 11.4 Å². The van der Waals surface area contributed by atoms with Gasteiger partial charge < -0.3 is 20.3 Å². The topological polar surface area (TPSA) is 87.7 Å². The Bertz CT molecular complexity index is 832. The number of carbonyl (C=O) groups is 3. The number of hydrogen-bond acceptors (Lipinski definition) is 5. The minimum absolute atomic E-state index is 0.128. The van der Waals surface area contributed by atoms with E-state index in [1.807, 2.05) is 32.0 Å². The van der Waals surface area contributed by atoms with Gasteiger partial charge in [0.25, 0.3) is 0 Å². The van der Waals surface area contributed by atoms with Crippen molar-refractivity contribution in [2.75, 3.05) is 31.3 Å². The number of likely N-dealkylation sites (N-methyl/N-ethyl adjacent to an activating group) is 1. The molecule has 0 bridgehead atoms. The fraction of sp³-hybridized carbons (Fsp3) is 0.278. The number of urea groups is 1. The zero-order valence-electron chi connectivity index (χ0n) is 15.1. The van der Waals surface area contributed by atoms with E-state index in [4.69, 9.17) is 0 Å². The number of rotatable bonds is 5. The van der Waals surface area contributed by atoms with Crippen LogP contribution in [-0.2, 0) is 9.53 Å². The number of benzene rings is 1. The second kappa shape index (κ2) is 8.48. The molecule has 2 aromatic rings. The zero-order valence-corrected chi connectivity index (χ0v) is 15.9. The van der Waals surface area contributed by atoms with Gasteiger partial charge in [-0.2, -0.15) is 0 Å². The quantitative estimate of drug-likeness (QED) is 0.785. The normalized spacial score (nSPS) is 10.2. The van der Waals surface area contributed by atoms with E-state index in [1.165, 1.54) is 30.4 Å². The van der Waals surface area contributed by atoms with Gasteiger partial charge in [0.2, 0.25) is 5.91 Å². The van der Waals surface area contributed by atoms with Gasteiger partial charge in [0.05, 0.1) is 12.8 Å². The highest BCUT2D eigenvalue weighted by Crippen LogP contribution is 2.23. The maximum atomic E-state index is 12.3. The Balaban J connectivity index is 1.96. The summed E-state index contributed by atoms with van der Waals surface area (Å²) < 4.78 is 4.67. The number of amides is 3. The van der Waals surface area contributed by atoms with Crippen molar-refractivity contribution in [3.63, 3.8) is 0 Å². The first kappa shape index (κ1) is 19.5. The van der Waals surface area contributed by atoms with Gasteiger partial charge in [-0.1, -0.05) is 12.1 Å². The van der Waals surface area contributed by atoms with Crippen molar-refractivity contribution >= 4 is 40.6 Å². The molecule has 0 aliphatic rings. The average Bonchev–Trinajstić information content (AvgIpc) is 3.06. The number of nitrogens with one attached hydrogen (secondary N) is 2. The first-order valence-electron chi connectivity index (χ1n) is 7.87. The SMILES string of the molecule is COC(=O)c1sccc1NC(=O)N(C)CC(=O)Nc1cccc(C)c1C. The standard InChI is InChI=1S/C18H21N3O4S/c1-11-6-5-7-13(12(11)2)19-15(22)10-21(3)18(24)20-14-8-9-26-16(14)17(23)25-4/h5-9H,10H2,1-4H3,(H,19,22)(H,20,24). The van der Waals surface area contributed by atoms with Crippen molar-refractivity contribution in [3.05, 3.63) is 45.6 Å². The van der Waals surface area contributed by atoms with Crippen LogP contribution in [0.5, 0.6) is 0 Å². The molecular weight excluding hydrogens is 354 g/mol. The first-order valence-corrected chi connectivity index (χ1v) is 8.75. The molecule has 0 saturated carbocycles. The van der Waals surface area contributed by atoms with Gasteiger partial charge in [-0.3, -0.25) is 4.79 Å². The minimum Gasteiger partial charge on any atom is -0.465 e. The third-order valence-corrected chi connectivity index (χ3v) is 4.78. The molecule has 0 spiro atoms. The van der Waals surface area contributed by atoms with Crippen LogP contribution in [0.25, 0.3) is 0 Å². The minimum atomic E-state index is -0.523. The Morgan fingerprint density at radius 1 is 1.12 bits per heavy atom. The monoisotopic (exact) mass is 375 g/mol. The third-order valence-electron chi connectivity index (χ3n) is 3.88. The Labute approximate surface area is 156 Å². The molecule has 0 radical (unpaired) electrons. The molecule has 0 unspecified atom stereocenters. The Morgan fingerprint density at radius 3 is 2.54 bits per heavy atom. The molecule has 2 rings (SSSR count). The van der Waals surface area contributed by atoms with Crippen molar-refractivity contribution in [2.45, 2.75) is 13.8 Å². The summed E-state index contributed by atoms with van der Waals surface area (Å²) in [6.07, 6.45) is 0. The highest BCUT2D eigenvalue weighted by molar-refractivity contribution is 7.12. The van der Waals surface area contributed by atoms with Crippen LogP contribution in [0.4, 0.5) is 16.2 Å². The zero-order chi connectivity index (χ0) is 19.3. The molecule has 0 saturated heterocycles. The van der Waals surface area contributed by atoms with Crippen LogP contribution in [0.2, 0.25) is 0 Å². The lowest BCUT2D eigenvalue weighted by molar-refractivity contribution is -0.116. The van der Waals surface area contributed by atoms with Crippen LogP contribution < -0.4 is 10.6 Å². The average molecular weight is 375 g/mol. The Morgan fingerprint density at radius 2 is 1.85 bits per heavy atom. The lowest BCUT2D eigenvalue weighted by Crippen LogP contribution is -2.37. The fourth-order valence-electron chi connectivity index (χ4n) is 2.23. The highest BCUT2D eigenvalue weighted by Gasteiger charge is 2.19. The van der Waals surface area contributed by atoms with E-state index in [-0.39, 0.29) is 12.5 Å². The number of nitrogens with zero attached hydrogens (tertiary/aromatic N) is 1. The summed E-state index contributed by atoms with van der Waals surface area (Å²) in [4.78, 5) is 37.7. The summed E-state index contributed by atoms with van der Waals surface area (Å²) in [7, 11) is 2.78. The molecule has 2 N–H and O–H groups in total. The van der Waals surface area contributed by atoms with E-state index in [9.17, 15) is 14.4 Å². The molecule has 0 aliphatic carbocycles. The molecule has 0 aliphatic heterocycles. The molecular formula is C18H21N3O4S. The Hall–Kier alpha value is -2.87. The van der Waals surface area contributed by atoms with Crippen LogP contribution in [0, 0.1) is 13.8 Å². The summed E-state index contributed by atoms with van der Waals surface area (Å²) >= 11 is 1.17. The number of esters is 1. The fourth-order valence-corrected chi connectivity index (χ4v) is 3.00. The summed E-state index contributed by atoms with van der Waals surface area (Å²) in [5, 5.41) is 7.09. The third kappa shape index (κ3) is 4.60. The number of carbonyl (C=O) groups excluding carboxylic acids is 3. The molecule has 8 heteroatoms. The lowest BCUT2D eigenvalue weighted by Gasteiger charge is -2.18. The van der Waals surface area contributed by atoms with Crippen LogP contribution in [0.3, 0.4) is 0 Å². The largest absolute Gasteiger partial charge is 0.465 e. The Kier molecular flexibility index (Phi) is 6.35. The number of methoxy groups -OCH3 is 1. The van der Waals surface area contributed by atoms with Gasteiger partial charge in [0.15, 0.2) is 0 Å². The summed E-state index contributed by atoms with van der Waals surface area (Å²) in [5.74, 6) is -0.833. The van der Waals surface area contributed by atoms with Crippen molar-refractivity contribution in [1.82, 2.24) is 4.90 Å². The molecule has 7 nitrogen and oxygen atoms in total. The molecule has 26 heavy (non-hydrogen) atoms. The second-order valence-electron chi connectivity index (χ2n) is 5.74. The second-order valence-corrected chi connectivity index (χ2v) is 6.65. The van der Waals surface area contributed by atoms with E-state index in [1.54, 1.807) is 11.4 Å². The maximum absolute atomic E-state index is 12.3. The van der Waals surface area contributed by atoms with E-state index in [2.05, 4.69) is 15.4 Å². The summed E-state index contributed by atoms with van der Waals surface area (Å²) in [6, 6.07) is 6.75. The van der Waals surface area contributed by atoms with Crippen molar-refractivity contribution in [2.24, 2.45) is 0 Å². The van der Waals surface area contributed by atoms with Crippen LogP contribution in [0.15, 0.2) is 29.6 Å². The molecule has 3 amide bonds. The van der Waals surface area contributed by atoms with Crippen LogP contribution in [-0.4, -0.2) is 43.5 Å². The van der Waals surface area contributed by atoms with E-state index in [0.717, 1.165) is 16.8 Å². The smallest absolute Gasteiger partial charge is 0.350 e. The van der Waals surface area contributed by atoms with E-state index < -0.39 is 12.0 Å². The molecule has 0 fully saturated rings. The van der Waals surface area contributed by atoms with Crippen molar-refractivity contribution in [3.8, 4) is 0 Å². The van der Waals surface area contributed by atoms with Gasteiger partial charge in [-0.15, -0.1) is 11.3 Å². The highest BCUT2D eigenvalue weighted by atomic mass is 32.1. The number of anilines is 2. The van der Waals surface area contributed by atoms with Gasteiger partial charge in [-0.05, 0) is 42.5 Å². The maximum Gasteiger partial charge on any atom is 0.350 e. The van der Waals surface area contributed by atoms with Gasteiger partial charge >= 0.3 is 12.0 Å².